The monoisotopic (exact) mass is 268 g/mol. The molecule has 0 fully saturated rings. The summed E-state index contributed by atoms with van der Waals surface area (Å²) >= 11 is 5.09. The molecular weight excluding hydrogens is 260 g/mol. The highest BCUT2D eigenvalue weighted by Crippen LogP contribution is 2.33. The summed E-state index contributed by atoms with van der Waals surface area (Å²) in [4.78, 5) is 10.9. The van der Waals surface area contributed by atoms with Crippen molar-refractivity contribution in [1.82, 2.24) is 0 Å². The number of hydrogen-bond acceptors (Lipinski definition) is 2. The Bertz CT molecular complexity index is 487. The Morgan fingerprint density at radius 1 is 1.50 bits per heavy atom. The first-order valence-electron chi connectivity index (χ1n) is 4.41. The largest absolute Gasteiger partial charge is 0.298 e. The predicted molar refractivity (Wildman–Crippen MR) is 64.3 cm³/mol. The number of benzene rings is 1. The number of halogens is 1. The minimum atomic E-state index is 0.801. The minimum Gasteiger partial charge on any atom is -0.298 e. The van der Waals surface area contributed by atoms with Gasteiger partial charge in [-0.2, -0.15) is 0 Å². The van der Waals surface area contributed by atoms with Crippen LogP contribution in [-0.4, -0.2) is 6.29 Å². The molecule has 1 nitrogen and oxygen atoms in total. The molecule has 0 aliphatic rings. The fraction of sp³-hybridized carbons (Fsp3) is 0.182. The van der Waals surface area contributed by atoms with E-state index >= 15 is 0 Å². The van der Waals surface area contributed by atoms with Crippen molar-refractivity contribution in [2.75, 3.05) is 0 Å². The van der Waals surface area contributed by atoms with Crippen LogP contribution < -0.4 is 0 Å². The number of carbonyl (C=O) groups excluding carboxylic acids is 1. The molecular formula is C11H9BrOS. The Labute approximate surface area is 94.9 Å². The highest BCUT2D eigenvalue weighted by molar-refractivity contribution is 9.10. The maximum absolute atomic E-state index is 10.9. The topological polar surface area (TPSA) is 17.1 Å². The van der Waals surface area contributed by atoms with E-state index in [4.69, 9.17) is 0 Å². The first-order valence-corrected chi connectivity index (χ1v) is 6.08. The van der Waals surface area contributed by atoms with E-state index in [1.54, 1.807) is 11.3 Å². The number of fused-ring (bicyclic) bond motifs is 1. The van der Waals surface area contributed by atoms with E-state index < -0.39 is 0 Å². The molecule has 0 aliphatic carbocycles. The van der Waals surface area contributed by atoms with Crippen LogP contribution in [0.4, 0.5) is 0 Å². The van der Waals surface area contributed by atoms with Crippen molar-refractivity contribution in [2.45, 2.75) is 13.3 Å². The van der Waals surface area contributed by atoms with Crippen molar-refractivity contribution in [3.05, 3.63) is 33.1 Å². The van der Waals surface area contributed by atoms with Gasteiger partial charge in [-0.1, -0.05) is 6.92 Å². The molecule has 2 aromatic rings. The second-order valence-electron chi connectivity index (χ2n) is 3.12. The quantitative estimate of drug-likeness (QED) is 0.752. The fourth-order valence-electron chi connectivity index (χ4n) is 1.49. The summed E-state index contributed by atoms with van der Waals surface area (Å²) in [6.07, 6.45) is 1.89. The van der Waals surface area contributed by atoms with E-state index in [9.17, 15) is 4.79 Å². The minimum absolute atomic E-state index is 0.801. The number of aryl methyl sites for hydroxylation is 1. The maximum atomic E-state index is 10.9. The van der Waals surface area contributed by atoms with Crippen LogP contribution in [0.1, 0.15) is 22.8 Å². The van der Waals surface area contributed by atoms with Crippen LogP contribution in [0, 0.1) is 0 Å². The number of thiophene rings is 1. The first kappa shape index (κ1) is 9.87. The standard InChI is InChI=1S/C11H9BrOS/c1-2-7-3-8(5-13)11-9(4-7)10(12)6-14-11/h3-6H,2H2,1H3. The Hall–Kier alpha value is -0.670. The van der Waals surface area contributed by atoms with Gasteiger partial charge in [0.2, 0.25) is 0 Å². The summed E-state index contributed by atoms with van der Waals surface area (Å²) < 4.78 is 2.15. The van der Waals surface area contributed by atoms with E-state index in [-0.39, 0.29) is 0 Å². The summed E-state index contributed by atoms with van der Waals surface area (Å²) in [7, 11) is 0. The van der Waals surface area contributed by atoms with E-state index in [1.165, 1.54) is 5.56 Å². The third kappa shape index (κ3) is 1.51. The molecule has 0 unspecified atom stereocenters. The molecule has 0 bridgehead atoms. The van der Waals surface area contributed by atoms with Crippen LogP contribution in [0.5, 0.6) is 0 Å². The van der Waals surface area contributed by atoms with Crippen LogP contribution in [0.2, 0.25) is 0 Å². The molecule has 3 heteroatoms. The van der Waals surface area contributed by atoms with Gasteiger partial charge >= 0.3 is 0 Å². The van der Waals surface area contributed by atoms with Gasteiger partial charge in [-0.05, 0) is 40.0 Å². The third-order valence-corrected chi connectivity index (χ3v) is 4.25. The van der Waals surface area contributed by atoms with Gasteiger partial charge in [0.25, 0.3) is 0 Å². The SMILES string of the molecule is CCc1cc(C=O)c2scc(Br)c2c1. The summed E-state index contributed by atoms with van der Waals surface area (Å²) in [5, 5.41) is 3.17. The average molecular weight is 269 g/mol. The molecule has 72 valence electrons. The number of carbonyl (C=O) groups is 1. The van der Waals surface area contributed by atoms with Crippen molar-refractivity contribution >= 4 is 43.6 Å². The number of hydrogen-bond donors (Lipinski definition) is 0. The number of aldehydes is 1. The van der Waals surface area contributed by atoms with Gasteiger partial charge in [-0.25, -0.2) is 0 Å². The molecule has 0 saturated carbocycles. The highest BCUT2D eigenvalue weighted by atomic mass is 79.9. The van der Waals surface area contributed by atoms with Gasteiger partial charge in [0.05, 0.1) is 0 Å². The maximum Gasteiger partial charge on any atom is 0.151 e. The molecule has 0 amide bonds. The summed E-state index contributed by atoms with van der Waals surface area (Å²) in [5.74, 6) is 0. The molecule has 0 N–H and O–H groups in total. The second kappa shape index (κ2) is 3.83. The van der Waals surface area contributed by atoms with E-state index in [1.807, 2.05) is 11.4 Å². The normalized spacial score (nSPS) is 10.7. The van der Waals surface area contributed by atoms with Crippen molar-refractivity contribution in [3.63, 3.8) is 0 Å². The zero-order valence-electron chi connectivity index (χ0n) is 7.71. The lowest BCUT2D eigenvalue weighted by atomic mass is 10.1. The number of rotatable bonds is 2. The van der Waals surface area contributed by atoms with E-state index in [0.717, 1.165) is 32.8 Å². The highest BCUT2D eigenvalue weighted by Gasteiger charge is 2.07. The summed E-state index contributed by atoms with van der Waals surface area (Å²) in [5.41, 5.74) is 2.01. The average Bonchev–Trinajstić information content (AvgIpc) is 2.59. The molecule has 1 aromatic carbocycles. The molecule has 1 heterocycles. The van der Waals surface area contributed by atoms with Crippen LogP contribution in [0.25, 0.3) is 10.1 Å². The fourth-order valence-corrected chi connectivity index (χ4v) is 3.10. The zero-order chi connectivity index (χ0) is 10.1. The molecule has 0 atom stereocenters. The van der Waals surface area contributed by atoms with Gasteiger partial charge in [0.1, 0.15) is 0 Å². The van der Waals surface area contributed by atoms with E-state index in [2.05, 4.69) is 28.9 Å². The van der Waals surface area contributed by atoms with Crippen LogP contribution in [-0.2, 0) is 6.42 Å². The Morgan fingerprint density at radius 2 is 2.29 bits per heavy atom. The predicted octanol–water partition coefficient (Wildman–Crippen LogP) is 4.04. The lowest BCUT2D eigenvalue weighted by Crippen LogP contribution is -1.85. The molecule has 0 radical (unpaired) electrons. The molecule has 0 saturated heterocycles. The van der Waals surface area contributed by atoms with Gasteiger partial charge in [-0.15, -0.1) is 11.3 Å². The molecule has 2 rings (SSSR count). The second-order valence-corrected chi connectivity index (χ2v) is 4.85. The summed E-state index contributed by atoms with van der Waals surface area (Å²) in [6, 6.07) is 4.11. The first-order chi connectivity index (χ1) is 6.76. The lowest BCUT2D eigenvalue weighted by molar-refractivity contribution is 0.112. The molecule has 0 spiro atoms. The van der Waals surface area contributed by atoms with Crippen LogP contribution >= 0.6 is 27.3 Å². The van der Waals surface area contributed by atoms with Crippen molar-refractivity contribution in [2.24, 2.45) is 0 Å². The zero-order valence-corrected chi connectivity index (χ0v) is 10.1. The lowest BCUT2D eigenvalue weighted by Gasteiger charge is -2.00. The van der Waals surface area contributed by atoms with Crippen molar-refractivity contribution in [3.8, 4) is 0 Å². The Morgan fingerprint density at radius 3 is 2.93 bits per heavy atom. The molecule has 1 aromatic heterocycles. The van der Waals surface area contributed by atoms with Crippen LogP contribution in [0.3, 0.4) is 0 Å². The summed E-state index contributed by atoms with van der Waals surface area (Å²) in [6.45, 7) is 2.09. The third-order valence-electron chi connectivity index (χ3n) is 2.25. The van der Waals surface area contributed by atoms with E-state index in [0.29, 0.717) is 0 Å². The van der Waals surface area contributed by atoms with Crippen molar-refractivity contribution < 1.29 is 4.79 Å². The molecule has 0 aliphatic heterocycles. The smallest absolute Gasteiger partial charge is 0.151 e. The van der Waals surface area contributed by atoms with Gasteiger partial charge in [0, 0.05) is 25.5 Å². The van der Waals surface area contributed by atoms with Gasteiger partial charge in [0.15, 0.2) is 6.29 Å². The van der Waals surface area contributed by atoms with Gasteiger partial charge in [-0.3, -0.25) is 4.79 Å². The van der Waals surface area contributed by atoms with Gasteiger partial charge < -0.3 is 0 Å². The van der Waals surface area contributed by atoms with Crippen LogP contribution in [0.15, 0.2) is 22.0 Å². The Balaban J connectivity index is 2.82. The van der Waals surface area contributed by atoms with Crippen molar-refractivity contribution in [1.29, 1.82) is 0 Å². The molecule has 14 heavy (non-hydrogen) atoms. The Kier molecular flexibility index (Phi) is 2.70.